The number of likely N-dealkylation sites (tertiary alicyclic amines) is 1. The number of rotatable bonds is 5. The Labute approximate surface area is 110 Å². The summed E-state index contributed by atoms with van der Waals surface area (Å²) in [6.07, 6.45) is 8.12. The van der Waals surface area contributed by atoms with E-state index in [0.29, 0.717) is 6.04 Å². The van der Waals surface area contributed by atoms with Crippen molar-refractivity contribution in [1.82, 2.24) is 15.5 Å². The lowest BCUT2D eigenvalue weighted by atomic mass is 10.0. The molecule has 0 bridgehead atoms. The molecule has 1 aliphatic heterocycles. The third kappa shape index (κ3) is 4.58. The zero-order valence-corrected chi connectivity index (χ0v) is 11.6. The first kappa shape index (κ1) is 13.8. The van der Waals surface area contributed by atoms with Gasteiger partial charge in [-0.1, -0.05) is 12.8 Å². The van der Waals surface area contributed by atoms with Gasteiger partial charge in [-0.25, -0.2) is 0 Å². The summed E-state index contributed by atoms with van der Waals surface area (Å²) in [4.78, 5) is 13.3. The quantitative estimate of drug-likeness (QED) is 0.772. The Morgan fingerprint density at radius 3 is 2.61 bits per heavy atom. The van der Waals surface area contributed by atoms with Crippen LogP contribution < -0.4 is 10.6 Å². The fraction of sp³-hybridized carbons (Fsp3) is 0.929. The van der Waals surface area contributed by atoms with E-state index in [4.69, 9.17) is 0 Å². The molecule has 2 rings (SSSR count). The summed E-state index contributed by atoms with van der Waals surface area (Å²) in [7, 11) is 0. The maximum absolute atomic E-state index is 10.8. The van der Waals surface area contributed by atoms with Crippen LogP contribution in [-0.4, -0.2) is 49.1 Å². The lowest BCUT2D eigenvalue weighted by molar-refractivity contribution is -0.119. The zero-order chi connectivity index (χ0) is 12.8. The van der Waals surface area contributed by atoms with Gasteiger partial charge in [0.15, 0.2) is 0 Å². The van der Waals surface area contributed by atoms with Crippen LogP contribution in [0.15, 0.2) is 0 Å². The van der Waals surface area contributed by atoms with Gasteiger partial charge < -0.3 is 15.5 Å². The van der Waals surface area contributed by atoms with E-state index in [2.05, 4.69) is 15.5 Å². The van der Waals surface area contributed by atoms with Crippen molar-refractivity contribution in [3.63, 3.8) is 0 Å². The van der Waals surface area contributed by atoms with E-state index in [9.17, 15) is 4.79 Å². The van der Waals surface area contributed by atoms with Crippen LogP contribution in [0.1, 0.15) is 45.4 Å². The van der Waals surface area contributed by atoms with E-state index in [1.165, 1.54) is 45.1 Å². The molecule has 0 aromatic heterocycles. The van der Waals surface area contributed by atoms with Gasteiger partial charge in [0.05, 0.1) is 0 Å². The number of nitrogens with zero attached hydrogens (tertiary/aromatic N) is 1. The molecular weight excluding hydrogens is 226 g/mol. The highest BCUT2D eigenvalue weighted by Gasteiger charge is 2.23. The van der Waals surface area contributed by atoms with Crippen molar-refractivity contribution < 1.29 is 4.79 Å². The first-order valence-electron chi connectivity index (χ1n) is 7.47. The first-order valence-corrected chi connectivity index (χ1v) is 7.47. The molecule has 1 saturated heterocycles. The minimum absolute atomic E-state index is 0.0765. The summed E-state index contributed by atoms with van der Waals surface area (Å²) in [6, 6.07) is 1.43. The van der Waals surface area contributed by atoms with Crippen molar-refractivity contribution in [3.05, 3.63) is 0 Å². The van der Waals surface area contributed by atoms with Crippen LogP contribution in [-0.2, 0) is 4.79 Å². The molecule has 0 radical (unpaired) electrons. The van der Waals surface area contributed by atoms with Gasteiger partial charge in [0, 0.05) is 38.6 Å². The van der Waals surface area contributed by atoms with Gasteiger partial charge in [-0.05, 0) is 32.2 Å². The molecule has 2 N–H and O–H groups in total. The third-order valence-electron chi connectivity index (χ3n) is 4.13. The van der Waals surface area contributed by atoms with E-state index in [-0.39, 0.29) is 5.91 Å². The molecule has 2 aliphatic rings. The largest absolute Gasteiger partial charge is 0.355 e. The summed E-state index contributed by atoms with van der Waals surface area (Å²) >= 11 is 0. The molecule has 1 heterocycles. The minimum Gasteiger partial charge on any atom is -0.355 e. The average Bonchev–Trinajstić information content (AvgIpc) is 2.82. The molecule has 1 unspecified atom stereocenters. The standard InChI is InChI=1S/C14H27N3O/c1-12(18)15-8-10-17-9-4-7-14(11-17)16-13-5-2-3-6-13/h13-14,16H,2-11H2,1H3,(H,15,18). The highest BCUT2D eigenvalue weighted by Crippen LogP contribution is 2.20. The highest BCUT2D eigenvalue weighted by molar-refractivity contribution is 5.72. The molecule has 4 heteroatoms. The molecule has 0 aromatic rings. The van der Waals surface area contributed by atoms with E-state index >= 15 is 0 Å². The normalized spacial score (nSPS) is 26.4. The van der Waals surface area contributed by atoms with Crippen LogP contribution in [0.3, 0.4) is 0 Å². The predicted molar refractivity (Wildman–Crippen MR) is 73.5 cm³/mol. The second-order valence-corrected chi connectivity index (χ2v) is 5.77. The number of amides is 1. The average molecular weight is 253 g/mol. The predicted octanol–water partition coefficient (Wildman–Crippen LogP) is 1.12. The van der Waals surface area contributed by atoms with Crippen molar-refractivity contribution in [1.29, 1.82) is 0 Å². The Hall–Kier alpha value is -0.610. The fourth-order valence-electron chi connectivity index (χ4n) is 3.21. The number of piperidine rings is 1. The summed E-state index contributed by atoms with van der Waals surface area (Å²) in [5.74, 6) is 0.0765. The fourth-order valence-corrected chi connectivity index (χ4v) is 3.21. The molecule has 18 heavy (non-hydrogen) atoms. The summed E-state index contributed by atoms with van der Waals surface area (Å²) in [6.45, 7) is 5.69. The lowest BCUT2D eigenvalue weighted by Crippen LogP contribution is -2.49. The van der Waals surface area contributed by atoms with Crippen LogP contribution in [0.4, 0.5) is 0 Å². The summed E-state index contributed by atoms with van der Waals surface area (Å²) < 4.78 is 0. The molecule has 1 atom stereocenters. The third-order valence-corrected chi connectivity index (χ3v) is 4.13. The Balaban J connectivity index is 1.65. The molecular formula is C14H27N3O. The number of nitrogens with one attached hydrogen (secondary N) is 2. The molecule has 1 saturated carbocycles. The van der Waals surface area contributed by atoms with Crippen molar-refractivity contribution in [2.75, 3.05) is 26.2 Å². The maximum atomic E-state index is 10.8. The van der Waals surface area contributed by atoms with Crippen LogP contribution >= 0.6 is 0 Å². The van der Waals surface area contributed by atoms with Gasteiger partial charge in [0.2, 0.25) is 5.91 Å². The second-order valence-electron chi connectivity index (χ2n) is 5.77. The number of carbonyl (C=O) groups excluding carboxylic acids is 1. The lowest BCUT2D eigenvalue weighted by Gasteiger charge is -2.34. The highest BCUT2D eigenvalue weighted by atomic mass is 16.1. The maximum Gasteiger partial charge on any atom is 0.216 e. The summed E-state index contributed by atoms with van der Waals surface area (Å²) in [5, 5.41) is 6.70. The SMILES string of the molecule is CC(=O)NCCN1CCCC(NC2CCCC2)C1. The van der Waals surface area contributed by atoms with Crippen molar-refractivity contribution in [2.45, 2.75) is 57.5 Å². The van der Waals surface area contributed by atoms with Gasteiger partial charge in [-0.15, -0.1) is 0 Å². The van der Waals surface area contributed by atoms with Gasteiger partial charge >= 0.3 is 0 Å². The van der Waals surface area contributed by atoms with Crippen molar-refractivity contribution >= 4 is 5.91 Å². The topological polar surface area (TPSA) is 44.4 Å². The van der Waals surface area contributed by atoms with Crippen LogP contribution in [0.5, 0.6) is 0 Å². The second kappa shape index (κ2) is 7.10. The minimum atomic E-state index is 0.0765. The van der Waals surface area contributed by atoms with Crippen LogP contribution in [0.25, 0.3) is 0 Å². The van der Waals surface area contributed by atoms with Crippen molar-refractivity contribution in [3.8, 4) is 0 Å². The molecule has 104 valence electrons. The Bertz CT molecular complexity index is 264. The van der Waals surface area contributed by atoms with Crippen molar-refractivity contribution in [2.24, 2.45) is 0 Å². The monoisotopic (exact) mass is 253 g/mol. The van der Waals surface area contributed by atoms with E-state index in [0.717, 1.165) is 25.7 Å². The molecule has 1 aliphatic carbocycles. The van der Waals surface area contributed by atoms with Gasteiger partial charge in [-0.2, -0.15) is 0 Å². The van der Waals surface area contributed by atoms with Gasteiger partial charge in [0.25, 0.3) is 0 Å². The van der Waals surface area contributed by atoms with Gasteiger partial charge in [-0.3, -0.25) is 4.79 Å². The Kier molecular flexibility index (Phi) is 5.45. The molecule has 1 amide bonds. The van der Waals surface area contributed by atoms with E-state index in [1.54, 1.807) is 6.92 Å². The Morgan fingerprint density at radius 2 is 1.89 bits per heavy atom. The number of hydrogen-bond donors (Lipinski definition) is 2. The Morgan fingerprint density at radius 1 is 1.17 bits per heavy atom. The smallest absolute Gasteiger partial charge is 0.216 e. The van der Waals surface area contributed by atoms with E-state index in [1.807, 2.05) is 0 Å². The van der Waals surface area contributed by atoms with Crippen LogP contribution in [0.2, 0.25) is 0 Å². The number of hydrogen-bond acceptors (Lipinski definition) is 3. The summed E-state index contributed by atoms with van der Waals surface area (Å²) in [5.41, 5.74) is 0. The van der Waals surface area contributed by atoms with Gasteiger partial charge in [0.1, 0.15) is 0 Å². The molecule has 4 nitrogen and oxygen atoms in total. The molecule has 0 aromatic carbocycles. The van der Waals surface area contributed by atoms with Crippen LogP contribution in [0, 0.1) is 0 Å². The first-order chi connectivity index (χ1) is 8.74. The molecule has 0 spiro atoms. The zero-order valence-electron chi connectivity index (χ0n) is 11.6. The van der Waals surface area contributed by atoms with E-state index < -0.39 is 0 Å². The number of carbonyl (C=O) groups is 1. The molecule has 2 fully saturated rings.